The van der Waals surface area contributed by atoms with Gasteiger partial charge in [-0.2, -0.15) is 0 Å². The van der Waals surface area contributed by atoms with E-state index in [9.17, 15) is 9.59 Å². The number of nitrogens with one attached hydrogen (secondary N) is 2. The second kappa shape index (κ2) is 6.06. The van der Waals surface area contributed by atoms with Crippen LogP contribution < -0.4 is 15.4 Å². The fourth-order valence-electron chi connectivity index (χ4n) is 1.96. The summed E-state index contributed by atoms with van der Waals surface area (Å²) < 4.78 is 5.81. The maximum atomic E-state index is 12.1. The Hall–Kier alpha value is -1.56. The first-order valence-electron chi connectivity index (χ1n) is 6.04. The van der Waals surface area contributed by atoms with Gasteiger partial charge in [0.05, 0.1) is 11.6 Å². The molecule has 2 rings (SSSR count). The molecule has 0 bridgehead atoms. The van der Waals surface area contributed by atoms with E-state index in [1.165, 1.54) is 0 Å². The molecule has 1 heterocycles. The number of piperidine rings is 1. The molecule has 1 aromatic carbocycles. The van der Waals surface area contributed by atoms with Crippen molar-refractivity contribution in [3.63, 3.8) is 0 Å². The Kier molecular flexibility index (Phi) is 4.42. The van der Waals surface area contributed by atoms with Crippen LogP contribution in [-0.2, 0) is 4.79 Å². The molecule has 1 aliphatic heterocycles. The summed E-state index contributed by atoms with van der Waals surface area (Å²) in [5, 5.41) is 5.47. The molecule has 2 N–H and O–H groups in total. The minimum atomic E-state index is -0.442. The highest BCUT2D eigenvalue weighted by atomic mass is 79.9. The second-order valence-electron chi connectivity index (χ2n) is 4.31. The largest absolute Gasteiger partial charge is 0.496 e. The van der Waals surface area contributed by atoms with Crippen LogP contribution in [0.3, 0.4) is 0 Å². The normalized spacial score (nSPS) is 18.6. The third-order valence-corrected chi connectivity index (χ3v) is 3.62. The third kappa shape index (κ3) is 3.26. The molecular weight excluding hydrogens is 312 g/mol. The monoisotopic (exact) mass is 326 g/mol. The zero-order valence-electron chi connectivity index (χ0n) is 10.5. The Labute approximate surface area is 119 Å². The number of hydrogen-bond donors (Lipinski definition) is 2. The van der Waals surface area contributed by atoms with Crippen molar-refractivity contribution in [2.45, 2.75) is 18.9 Å². The highest BCUT2D eigenvalue weighted by Gasteiger charge is 2.24. The highest BCUT2D eigenvalue weighted by molar-refractivity contribution is 9.10. The van der Waals surface area contributed by atoms with E-state index in [1.54, 1.807) is 25.3 Å². The molecular formula is C13H15BrN2O3. The lowest BCUT2D eigenvalue weighted by atomic mass is 10.1. The molecule has 6 heteroatoms. The number of amides is 2. The third-order valence-electron chi connectivity index (χ3n) is 3.00. The summed E-state index contributed by atoms with van der Waals surface area (Å²) in [7, 11) is 1.56. The predicted molar refractivity (Wildman–Crippen MR) is 74.2 cm³/mol. The standard InChI is InChI=1S/C13H15BrN2O3/c1-19-11-5-4-8(7-9(11)14)12(17)16-10-3-2-6-15-13(10)18/h4-5,7,10H,2-3,6H2,1H3,(H,15,18)(H,16,17). The highest BCUT2D eigenvalue weighted by Crippen LogP contribution is 2.25. The molecule has 102 valence electrons. The molecule has 1 unspecified atom stereocenters. The number of rotatable bonds is 3. The molecule has 1 aromatic rings. The van der Waals surface area contributed by atoms with Crippen LogP contribution in [-0.4, -0.2) is 31.5 Å². The summed E-state index contributed by atoms with van der Waals surface area (Å²) in [6.45, 7) is 0.680. The molecule has 1 aliphatic rings. The molecule has 0 saturated carbocycles. The number of ether oxygens (including phenoxy) is 1. The van der Waals surface area contributed by atoms with Gasteiger partial charge >= 0.3 is 0 Å². The maximum Gasteiger partial charge on any atom is 0.251 e. The van der Waals surface area contributed by atoms with E-state index in [1.807, 2.05) is 0 Å². The quantitative estimate of drug-likeness (QED) is 0.883. The number of halogens is 1. The van der Waals surface area contributed by atoms with E-state index >= 15 is 0 Å². The van der Waals surface area contributed by atoms with Crippen LogP contribution >= 0.6 is 15.9 Å². The molecule has 0 radical (unpaired) electrons. The van der Waals surface area contributed by atoms with Crippen molar-refractivity contribution in [1.82, 2.24) is 10.6 Å². The van der Waals surface area contributed by atoms with Crippen molar-refractivity contribution in [1.29, 1.82) is 0 Å². The molecule has 5 nitrogen and oxygen atoms in total. The molecule has 2 amide bonds. The lowest BCUT2D eigenvalue weighted by Crippen LogP contribution is -2.50. The number of hydrogen-bond acceptors (Lipinski definition) is 3. The van der Waals surface area contributed by atoms with Gasteiger partial charge in [-0.3, -0.25) is 9.59 Å². The minimum absolute atomic E-state index is 0.118. The lowest BCUT2D eigenvalue weighted by Gasteiger charge is -2.22. The molecule has 19 heavy (non-hydrogen) atoms. The SMILES string of the molecule is COc1ccc(C(=O)NC2CCCNC2=O)cc1Br. The fourth-order valence-corrected chi connectivity index (χ4v) is 2.50. The molecule has 0 spiro atoms. The van der Waals surface area contributed by atoms with Crippen LogP contribution in [0.5, 0.6) is 5.75 Å². The van der Waals surface area contributed by atoms with Crippen molar-refractivity contribution in [2.75, 3.05) is 13.7 Å². The predicted octanol–water partition coefficient (Wildman–Crippen LogP) is 1.47. The van der Waals surface area contributed by atoms with Gasteiger partial charge in [0.15, 0.2) is 0 Å². The fraction of sp³-hybridized carbons (Fsp3) is 0.385. The first-order chi connectivity index (χ1) is 9.11. The number of methoxy groups -OCH3 is 1. The zero-order chi connectivity index (χ0) is 13.8. The maximum absolute atomic E-state index is 12.1. The summed E-state index contributed by atoms with van der Waals surface area (Å²) in [5.74, 6) is 0.282. The van der Waals surface area contributed by atoms with Gasteiger partial charge in [0.1, 0.15) is 11.8 Å². The van der Waals surface area contributed by atoms with E-state index in [-0.39, 0.29) is 11.8 Å². The van der Waals surface area contributed by atoms with Crippen molar-refractivity contribution in [2.24, 2.45) is 0 Å². The van der Waals surface area contributed by atoms with Gasteiger partial charge in [-0.25, -0.2) is 0 Å². The zero-order valence-corrected chi connectivity index (χ0v) is 12.1. The van der Waals surface area contributed by atoms with Crippen molar-refractivity contribution in [3.05, 3.63) is 28.2 Å². The van der Waals surface area contributed by atoms with Gasteiger partial charge in [0.2, 0.25) is 5.91 Å². The summed E-state index contributed by atoms with van der Waals surface area (Å²) in [5.41, 5.74) is 0.492. The van der Waals surface area contributed by atoms with Crippen LogP contribution in [0.15, 0.2) is 22.7 Å². The Bertz CT molecular complexity index is 505. The van der Waals surface area contributed by atoms with Gasteiger partial charge in [0.25, 0.3) is 5.91 Å². The average Bonchev–Trinajstić information content (AvgIpc) is 2.41. The van der Waals surface area contributed by atoms with Crippen LogP contribution in [0.1, 0.15) is 23.2 Å². The van der Waals surface area contributed by atoms with E-state index in [4.69, 9.17) is 4.74 Å². The van der Waals surface area contributed by atoms with Crippen LogP contribution in [0, 0.1) is 0 Å². The summed E-state index contributed by atoms with van der Waals surface area (Å²) in [6, 6.07) is 4.61. The molecule has 1 fully saturated rings. The Morgan fingerprint density at radius 1 is 1.53 bits per heavy atom. The number of benzene rings is 1. The van der Waals surface area contributed by atoms with Crippen LogP contribution in [0.4, 0.5) is 0 Å². The minimum Gasteiger partial charge on any atom is -0.496 e. The van der Waals surface area contributed by atoms with E-state index < -0.39 is 6.04 Å². The summed E-state index contributed by atoms with van der Waals surface area (Å²) in [6.07, 6.45) is 1.55. The van der Waals surface area contributed by atoms with E-state index in [0.29, 0.717) is 28.8 Å². The van der Waals surface area contributed by atoms with Crippen LogP contribution in [0.25, 0.3) is 0 Å². The first-order valence-corrected chi connectivity index (χ1v) is 6.83. The first kappa shape index (κ1) is 13.9. The Morgan fingerprint density at radius 2 is 2.32 bits per heavy atom. The van der Waals surface area contributed by atoms with Crippen molar-refractivity contribution < 1.29 is 14.3 Å². The summed E-state index contributed by atoms with van der Waals surface area (Å²) >= 11 is 3.33. The lowest BCUT2D eigenvalue weighted by molar-refractivity contribution is -0.124. The van der Waals surface area contributed by atoms with Gasteiger partial charge in [0, 0.05) is 12.1 Å². The Morgan fingerprint density at radius 3 is 2.95 bits per heavy atom. The molecule has 0 aliphatic carbocycles. The van der Waals surface area contributed by atoms with Gasteiger partial charge in [-0.1, -0.05) is 0 Å². The van der Waals surface area contributed by atoms with E-state index in [2.05, 4.69) is 26.6 Å². The van der Waals surface area contributed by atoms with E-state index in [0.717, 1.165) is 6.42 Å². The average molecular weight is 327 g/mol. The van der Waals surface area contributed by atoms with Gasteiger partial charge < -0.3 is 15.4 Å². The van der Waals surface area contributed by atoms with Crippen LogP contribution in [0.2, 0.25) is 0 Å². The second-order valence-corrected chi connectivity index (χ2v) is 5.16. The smallest absolute Gasteiger partial charge is 0.251 e. The molecule has 1 atom stereocenters. The van der Waals surface area contributed by atoms with Crippen molar-refractivity contribution >= 4 is 27.7 Å². The topological polar surface area (TPSA) is 67.4 Å². The van der Waals surface area contributed by atoms with Crippen molar-refractivity contribution in [3.8, 4) is 5.75 Å². The summed E-state index contributed by atoms with van der Waals surface area (Å²) in [4.78, 5) is 23.6. The van der Waals surface area contributed by atoms with Gasteiger partial charge in [-0.05, 0) is 47.0 Å². The molecule has 1 saturated heterocycles. The number of carbonyl (C=O) groups is 2. The Balaban J connectivity index is 2.07. The van der Waals surface area contributed by atoms with Gasteiger partial charge in [-0.15, -0.1) is 0 Å². The number of carbonyl (C=O) groups excluding carboxylic acids is 2. The molecule has 0 aromatic heterocycles.